The number of aromatic nitrogens is 2. The van der Waals surface area contributed by atoms with Crippen molar-refractivity contribution in [3.8, 4) is 0 Å². The average molecular weight is 346 g/mol. The highest BCUT2D eigenvalue weighted by Gasteiger charge is 2.25. The lowest BCUT2D eigenvalue weighted by Crippen LogP contribution is -2.41. The Labute approximate surface area is 147 Å². The number of thiophene rings is 1. The summed E-state index contributed by atoms with van der Waals surface area (Å²) in [5, 5.41) is 3.35. The van der Waals surface area contributed by atoms with Crippen LogP contribution in [0.2, 0.25) is 0 Å². The molecule has 0 amide bonds. The van der Waals surface area contributed by atoms with Crippen molar-refractivity contribution in [2.24, 2.45) is 0 Å². The number of rotatable bonds is 3. The summed E-state index contributed by atoms with van der Waals surface area (Å²) in [6.07, 6.45) is 4.46. The van der Waals surface area contributed by atoms with Crippen LogP contribution in [-0.4, -0.2) is 60.3 Å². The van der Waals surface area contributed by atoms with E-state index in [0.29, 0.717) is 6.04 Å². The van der Waals surface area contributed by atoms with E-state index in [1.807, 2.05) is 0 Å². The quantitative estimate of drug-likeness (QED) is 0.855. The van der Waals surface area contributed by atoms with E-state index in [1.165, 1.54) is 31.2 Å². The summed E-state index contributed by atoms with van der Waals surface area (Å²) < 4.78 is 5.52. The molecule has 0 spiro atoms. The van der Waals surface area contributed by atoms with Gasteiger partial charge in [0.1, 0.15) is 16.5 Å². The highest BCUT2D eigenvalue weighted by Crippen LogP contribution is 2.29. The molecule has 2 aromatic heterocycles. The largest absolute Gasteiger partial charge is 0.381 e. The predicted molar refractivity (Wildman–Crippen MR) is 99.0 cm³/mol. The van der Waals surface area contributed by atoms with E-state index in [-0.39, 0.29) is 0 Å². The molecule has 2 aliphatic heterocycles. The second kappa shape index (κ2) is 7.33. The van der Waals surface area contributed by atoms with Gasteiger partial charge in [0.25, 0.3) is 0 Å². The molecule has 2 fully saturated rings. The Kier molecular flexibility index (Phi) is 4.96. The Balaban J connectivity index is 1.53. The van der Waals surface area contributed by atoms with Crippen LogP contribution < -0.4 is 4.90 Å². The van der Waals surface area contributed by atoms with E-state index in [9.17, 15) is 0 Å². The van der Waals surface area contributed by atoms with E-state index in [0.717, 1.165) is 55.7 Å². The summed E-state index contributed by atoms with van der Waals surface area (Å²) in [6, 6.07) is 2.88. The Morgan fingerprint density at radius 1 is 1.17 bits per heavy atom. The average Bonchev–Trinajstić information content (AvgIpc) is 2.97. The lowest BCUT2D eigenvalue weighted by molar-refractivity contribution is 0.0365. The third-order valence-corrected chi connectivity index (χ3v) is 6.01. The molecule has 4 heterocycles. The molecule has 4 rings (SSSR count). The number of hydrogen-bond acceptors (Lipinski definition) is 6. The van der Waals surface area contributed by atoms with Crippen molar-refractivity contribution in [2.45, 2.75) is 38.6 Å². The molecule has 0 aromatic carbocycles. The van der Waals surface area contributed by atoms with Gasteiger partial charge in [-0.2, -0.15) is 0 Å². The first-order valence-electron chi connectivity index (χ1n) is 9.16. The smallest absolute Gasteiger partial charge is 0.141 e. The van der Waals surface area contributed by atoms with E-state index >= 15 is 0 Å². The zero-order valence-corrected chi connectivity index (χ0v) is 15.2. The molecule has 0 aliphatic carbocycles. The summed E-state index contributed by atoms with van der Waals surface area (Å²) in [6.45, 7) is 8.45. The van der Waals surface area contributed by atoms with Crippen LogP contribution in [-0.2, 0) is 11.2 Å². The molecule has 0 bridgehead atoms. The fourth-order valence-corrected chi connectivity index (χ4v) is 4.62. The topological polar surface area (TPSA) is 41.5 Å². The van der Waals surface area contributed by atoms with Gasteiger partial charge in [-0.15, -0.1) is 11.3 Å². The van der Waals surface area contributed by atoms with Crippen LogP contribution >= 0.6 is 11.3 Å². The summed E-state index contributed by atoms with van der Waals surface area (Å²) in [5.74, 6) is 2.11. The van der Waals surface area contributed by atoms with Crippen LogP contribution in [0.25, 0.3) is 10.2 Å². The van der Waals surface area contributed by atoms with Crippen molar-refractivity contribution in [3.63, 3.8) is 0 Å². The minimum atomic E-state index is 0.705. The summed E-state index contributed by atoms with van der Waals surface area (Å²) in [4.78, 5) is 15.8. The van der Waals surface area contributed by atoms with E-state index in [2.05, 4.69) is 33.2 Å². The molecule has 0 saturated carbocycles. The number of aryl methyl sites for hydroxylation is 1. The van der Waals surface area contributed by atoms with Crippen LogP contribution in [0.4, 0.5) is 5.82 Å². The molecule has 0 radical (unpaired) electrons. The van der Waals surface area contributed by atoms with Gasteiger partial charge in [-0.05, 0) is 30.7 Å². The van der Waals surface area contributed by atoms with Crippen molar-refractivity contribution >= 4 is 27.4 Å². The molecule has 0 atom stereocenters. The fraction of sp³-hybridized carbons (Fsp3) is 0.667. The first-order valence-corrected chi connectivity index (χ1v) is 10.0. The highest BCUT2D eigenvalue weighted by molar-refractivity contribution is 7.16. The molecule has 0 N–H and O–H groups in total. The Hall–Kier alpha value is -1.24. The van der Waals surface area contributed by atoms with Crippen molar-refractivity contribution in [1.82, 2.24) is 14.9 Å². The van der Waals surface area contributed by atoms with Crippen molar-refractivity contribution < 1.29 is 4.74 Å². The Bertz CT molecular complexity index is 683. The van der Waals surface area contributed by atoms with Gasteiger partial charge in [-0.1, -0.05) is 6.92 Å². The molecule has 0 unspecified atom stereocenters. The molecular formula is C18H26N4OS. The number of anilines is 1. The number of ether oxygens (including phenoxy) is 1. The number of hydrogen-bond donors (Lipinski definition) is 0. The lowest BCUT2D eigenvalue weighted by Gasteiger charge is -2.33. The Morgan fingerprint density at radius 3 is 2.88 bits per heavy atom. The molecular weight excluding hydrogens is 320 g/mol. The number of fused-ring (bicyclic) bond motifs is 1. The van der Waals surface area contributed by atoms with Gasteiger partial charge in [0.2, 0.25) is 0 Å². The second-order valence-electron chi connectivity index (χ2n) is 6.68. The summed E-state index contributed by atoms with van der Waals surface area (Å²) >= 11 is 1.72. The molecule has 130 valence electrons. The molecule has 2 aliphatic rings. The fourth-order valence-electron chi connectivity index (χ4n) is 3.85. The van der Waals surface area contributed by atoms with Gasteiger partial charge < -0.3 is 9.64 Å². The van der Waals surface area contributed by atoms with Crippen molar-refractivity contribution in [3.05, 3.63) is 17.3 Å². The minimum absolute atomic E-state index is 0.705. The summed E-state index contributed by atoms with van der Waals surface area (Å²) in [7, 11) is 0. The molecule has 5 nitrogen and oxygen atoms in total. The van der Waals surface area contributed by atoms with Crippen LogP contribution in [0.5, 0.6) is 0 Å². The van der Waals surface area contributed by atoms with Crippen LogP contribution in [0.1, 0.15) is 32.0 Å². The maximum Gasteiger partial charge on any atom is 0.141 e. The second-order valence-corrected chi connectivity index (χ2v) is 7.57. The first kappa shape index (κ1) is 16.2. The zero-order valence-electron chi connectivity index (χ0n) is 14.4. The van der Waals surface area contributed by atoms with E-state index < -0.39 is 0 Å². The number of nitrogens with zero attached hydrogens (tertiary/aromatic N) is 4. The molecule has 2 aromatic rings. The monoisotopic (exact) mass is 346 g/mol. The van der Waals surface area contributed by atoms with Gasteiger partial charge in [-0.25, -0.2) is 9.97 Å². The van der Waals surface area contributed by atoms with Gasteiger partial charge in [0, 0.05) is 51.9 Å². The first-order chi connectivity index (χ1) is 11.8. The van der Waals surface area contributed by atoms with Crippen molar-refractivity contribution in [2.75, 3.05) is 44.3 Å². The highest BCUT2D eigenvalue weighted by atomic mass is 32.1. The van der Waals surface area contributed by atoms with Crippen LogP contribution in [0, 0.1) is 0 Å². The summed E-state index contributed by atoms with van der Waals surface area (Å²) in [5.41, 5.74) is 0. The molecule has 6 heteroatoms. The van der Waals surface area contributed by atoms with Crippen LogP contribution in [0.3, 0.4) is 0 Å². The minimum Gasteiger partial charge on any atom is -0.381 e. The van der Waals surface area contributed by atoms with Gasteiger partial charge in [0.05, 0.1) is 5.39 Å². The van der Waals surface area contributed by atoms with Gasteiger partial charge >= 0.3 is 0 Å². The normalized spacial score (nSPS) is 21.3. The van der Waals surface area contributed by atoms with Gasteiger partial charge in [0.15, 0.2) is 0 Å². The third-order valence-electron chi connectivity index (χ3n) is 5.20. The molecule has 2 saturated heterocycles. The zero-order chi connectivity index (χ0) is 16.4. The Morgan fingerprint density at radius 2 is 2.04 bits per heavy atom. The van der Waals surface area contributed by atoms with E-state index in [1.54, 1.807) is 11.3 Å². The lowest BCUT2D eigenvalue weighted by atomic mass is 10.1. The maximum atomic E-state index is 5.52. The van der Waals surface area contributed by atoms with Crippen molar-refractivity contribution in [1.29, 1.82) is 0 Å². The standard InChI is InChI=1S/C18H26N4OS/c1-2-16-19-17(15-6-13-24-18(15)20-16)22-8-3-7-21(9-10-22)14-4-11-23-12-5-14/h6,13-14H,2-5,7-12H2,1H3. The van der Waals surface area contributed by atoms with E-state index in [4.69, 9.17) is 9.72 Å². The maximum absolute atomic E-state index is 5.52. The third kappa shape index (κ3) is 3.27. The van der Waals surface area contributed by atoms with Gasteiger partial charge in [-0.3, -0.25) is 4.90 Å². The van der Waals surface area contributed by atoms with Crippen LogP contribution in [0.15, 0.2) is 11.4 Å². The predicted octanol–water partition coefficient (Wildman–Crippen LogP) is 2.94. The molecule has 24 heavy (non-hydrogen) atoms. The SMILES string of the molecule is CCc1nc(N2CCCN(C3CCOCC3)CC2)c2ccsc2n1.